The van der Waals surface area contributed by atoms with E-state index >= 15 is 0 Å². The molecule has 0 spiro atoms. The number of aromatic nitrogens is 1. The summed E-state index contributed by atoms with van der Waals surface area (Å²) in [5, 5.41) is 5.85. The minimum absolute atomic E-state index is 0.155. The molecule has 1 aliphatic carbocycles. The molecule has 2 aromatic rings. The van der Waals surface area contributed by atoms with Crippen LogP contribution in [0.3, 0.4) is 0 Å². The summed E-state index contributed by atoms with van der Waals surface area (Å²) in [4.78, 5) is 18.6. The van der Waals surface area contributed by atoms with Crippen molar-refractivity contribution in [3.63, 3.8) is 0 Å². The van der Waals surface area contributed by atoms with Crippen LogP contribution in [0.2, 0.25) is 0 Å². The number of fused-ring (bicyclic) bond motifs is 1. The van der Waals surface area contributed by atoms with Gasteiger partial charge in [-0.15, -0.1) is 0 Å². The predicted molar refractivity (Wildman–Crippen MR) is 88.9 cm³/mol. The van der Waals surface area contributed by atoms with Gasteiger partial charge in [-0.05, 0) is 29.5 Å². The van der Waals surface area contributed by atoms with Gasteiger partial charge in [0.15, 0.2) is 0 Å². The number of amides is 2. The molecule has 0 bridgehead atoms. The van der Waals surface area contributed by atoms with Crippen LogP contribution < -0.4 is 10.6 Å². The number of carbonyl (C=O) groups is 1. The number of urea groups is 1. The molecule has 2 amide bonds. The van der Waals surface area contributed by atoms with Crippen molar-refractivity contribution >= 4 is 11.8 Å². The second-order valence-electron chi connectivity index (χ2n) is 6.35. The lowest BCUT2D eigenvalue weighted by molar-refractivity contribution is 0.245. The highest BCUT2D eigenvalue weighted by Gasteiger charge is 2.56. The van der Waals surface area contributed by atoms with E-state index in [-0.39, 0.29) is 6.03 Å². The molecule has 0 radical (unpaired) electrons. The monoisotopic (exact) mass is 308 g/mol. The van der Waals surface area contributed by atoms with Gasteiger partial charge in [-0.25, -0.2) is 9.78 Å². The van der Waals surface area contributed by atoms with E-state index in [9.17, 15) is 4.79 Å². The molecule has 5 heteroatoms. The third-order valence-electron chi connectivity index (χ3n) is 4.72. The summed E-state index contributed by atoms with van der Waals surface area (Å²) in [6.45, 7) is 3.13. The second kappa shape index (κ2) is 6.01. The summed E-state index contributed by atoms with van der Waals surface area (Å²) < 4.78 is 0. The zero-order valence-electron chi connectivity index (χ0n) is 12.9. The number of pyridine rings is 1. The van der Waals surface area contributed by atoms with Crippen LogP contribution >= 0.6 is 0 Å². The van der Waals surface area contributed by atoms with E-state index < -0.39 is 0 Å². The number of hydrogen-bond donors (Lipinski definition) is 2. The first kappa shape index (κ1) is 14.2. The topological polar surface area (TPSA) is 57.3 Å². The molecule has 4 rings (SSSR count). The van der Waals surface area contributed by atoms with Crippen LogP contribution in [0.25, 0.3) is 0 Å². The molecule has 118 valence electrons. The van der Waals surface area contributed by atoms with Gasteiger partial charge in [0.05, 0.1) is 0 Å². The highest BCUT2D eigenvalue weighted by molar-refractivity contribution is 5.88. The number of nitrogens with one attached hydrogen (secondary N) is 2. The van der Waals surface area contributed by atoms with Crippen LogP contribution in [-0.2, 0) is 6.54 Å². The minimum atomic E-state index is -0.155. The number of piperidine rings is 1. The van der Waals surface area contributed by atoms with Crippen molar-refractivity contribution in [3.8, 4) is 0 Å². The lowest BCUT2D eigenvalue weighted by Crippen LogP contribution is -2.37. The lowest BCUT2D eigenvalue weighted by atomic mass is 10.2. The van der Waals surface area contributed by atoms with Gasteiger partial charge in [-0.2, -0.15) is 0 Å². The average Bonchev–Trinajstić information content (AvgIpc) is 3.01. The first-order valence-corrected chi connectivity index (χ1v) is 8.04. The molecule has 0 unspecified atom stereocenters. The zero-order chi connectivity index (χ0) is 15.6. The molecule has 2 N–H and O–H groups in total. The Morgan fingerprint density at radius 3 is 2.52 bits per heavy atom. The van der Waals surface area contributed by atoms with Crippen LogP contribution in [-0.4, -0.2) is 35.0 Å². The van der Waals surface area contributed by atoms with Crippen LogP contribution in [0.4, 0.5) is 10.6 Å². The number of rotatable bonds is 4. The van der Waals surface area contributed by atoms with Crippen molar-refractivity contribution < 1.29 is 4.79 Å². The van der Waals surface area contributed by atoms with E-state index in [1.54, 1.807) is 12.3 Å². The molecule has 1 aromatic carbocycles. The van der Waals surface area contributed by atoms with E-state index in [2.05, 4.69) is 44.8 Å². The Hall–Kier alpha value is -2.40. The van der Waals surface area contributed by atoms with Gasteiger partial charge < -0.3 is 5.32 Å². The molecule has 2 fully saturated rings. The maximum atomic E-state index is 12.0. The van der Waals surface area contributed by atoms with Gasteiger partial charge in [0.25, 0.3) is 0 Å². The van der Waals surface area contributed by atoms with E-state index in [1.807, 2.05) is 18.2 Å². The van der Waals surface area contributed by atoms with Crippen molar-refractivity contribution in [2.45, 2.75) is 12.6 Å². The fourth-order valence-electron chi connectivity index (χ4n) is 3.54. The fourth-order valence-corrected chi connectivity index (χ4v) is 3.54. The third-order valence-corrected chi connectivity index (χ3v) is 4.72. The highest BCUT2D eigenvalue weighted by Crippen LogP contribution is 2.45. The second-order valence-corrected chi connectivity index (χ2v) is 6.35. The van der Waals surface area contributed by atoms with Crippen LogP contribution in [0.1, 0.15) is 5.56 Å². The van der Waals surface area contributed by atoms with Gasteiger partial charge in [-0.1, -0.05) is 36.4 Å². The Morgan fingerprint density at radius 2 is 1.83 bits per heavy atom. The largest absolute Gasteiger partial charge is 0.334 e. The molecular formula is C18H20N4O. The summed E-state index contributed by atoms with van der Waals surface area (Å²) >= 11 is 0. The lowest BCUT2D eigenvalue weighted by Gasteiger charge is -2.20. The van der Waals surface area contributed by atoms with Crippen LogP contribution in [0.15, 0.2) is 54.7 Å². The first-order valence-electron chi connectivity index (χ1n) is 8.04. The SMILES string of the molecule is O=C(Nc1ccccn1)NC1[C@H]2CN(Cc3ccccc3)C[C@H]12. The van der Waals surface area contributed by atoms with Crippen molar-refractivity contribution in [2.24, 2.45) is 11.8 Å². The summed E-state index contributed by atoms with van der Waals surface area (Å²) in [5.41, 5.74) is 1.35. The normalized spacial score (nSPS) is 25.7. The third kappa shape index (κ3) is 3.19. The number of hydrogen-bond acceptors (Lipinski definition) is 3. The quantitative estimate of drug-likeness (QED) is 0.911. The smallest absolute Gasteiger partial charge is 0.320 e. The maximum absolute atomic E-state index is 12.0. The molecule has 1 aromatic heterocycles. The number of carbonyl (C=O) groups excluding carboxylic acids is 1. The average molecular weight is 308 g/mol. The molecule has 2 aliphatic rings. The Labute approximate surface area is 135 Å². The first-order chi connectivity index (χ1) is 11.3. The van der Waals surface area contributed by atoms with E-state index in [1.165, 1.54) is 5.56 Å². The predicted octanol–water partition coefficient (Wildman–Crippen LogP) is 2.33. The van der Waals surface area contributed by atoms with Gasteiger partial charge in [-0.3, -0.25) is 10.2 Å². The zero-order valence-corrected chi connectivity index (χ0v) is 12.9. The van der Waals surface area contributed by atoms with E-state index in [4.69, 9.17) is 0 Å². The van der Waals surface area contributed by atoms with Crippen molar-refractivity contribution in [1.82, 2.24) is 15.2 Å². The minimum Gasteiger partial charge on any atom is -0.334 e. The number of nitrogens with zero attached hydrogens (tertiary/aromatic N) is 2. The summed E-state index contributed by atoms with van der Waals surface area (Å²) in [5.74, 6) is 1.77. The Morgan fingerprint density at radius 1 is 1.09 bits per heavy atom. The van der Waals surface area contributed by atoms with E-state index in [0.717, 1.165) is 19.6 Å². The molecule has 1 saturated carbocycles. The van der Waals surface area contributed by atoms with Gasteiger partial charge in [0, 0.05) is 31.9 Å². The molecule has 23 heavy (non-hydrogen) atoms. The summed E-state index contributed by atoms with van der Waals surface area (Å²) in [6.07, 6.45) is 1.67. The number of benzene rings is 1. The highest BCUT2D eigenvalue weighted by atomic mass is 16.2. The summed E-state index contributed by atoms with van der Waals surface area (Å²) in [7, 11) is 0. The fraction of sp³-hybridized carbons (Fsp3) is 0.333. The Bertz CT molecular complexity index is 664. The molecule has 2 atom stereocenters. The number of anilines is 1. The number of likely N-dealkylation sites (tertiary alicyclic amines) is 1. The molecule has 2 heterocycles. The molecular weight excluding hydrogens is 288 g/mol. The van der Waals surface area contributed by atoms with Gasteiger partial charge in [0.1, 0.15) is 5.82 Å². The van der Waals surface area contributed by atoms with Crippen LogP contribution in [0, 0.1) is 11.8 Å². The van der Waals surface area contributed by atoms with Gasteiger partial charge >= 0.3 is 6.03 Å². The van der Waals surface area contributed by atoms with Crippen LogP contribution in [0.5, 0.6) is 0 Å². The molecule has 5 nitrogen and oxygen atoms in total. The molecule has 1 aliphatic heterocycles. The Balaban J connectivity index is 1.24. The standard InChI is InChI=1S/C18H20N4O/c23-18(20-16-8-4-5-9-19-16)21-17-14-11-22(12-15(14)17)10-13-6-2-1-3-7-13/h1-9,14-15,17H,10-12H2,(H2,19,20,21,23)/t14-,15-/m0/s1. The van der Waals surface area contributed by atoms with Gasteiger partial charge in [0.2, 0.25) is 0 Å². The molecule has 1 saturated heterocycles. The van der Waals surface area contributed by atoms with Crippen molar-refractivity contribution in [2.75, 3.05) is 18.4 Å². The van der Waals surface area contributed by atoms with Crippen molar-refractivity contribution in [3.05, 3.63) is 60.3 Å². The summed E-state index contributed by atoms with van der Waals surface area (Å²) in [6, 6.07) is 16.2. The van der Waals surface area contributed by atoms with Crippen molar-refractivity contribution in [1.29, 1.82) is 0 Å². The Kier molecular flexibility index (Phi) is 3.71. The van der Waals surface area contributed by atoms with E-state index in [0.29, 0.717) is 23.7 Å². The maximum Gasteiger partial charge on any atom is 0.320 e.